The van der Waals surface area contributed by atoms with E-state index in [1.54, 1.807) is 0 Å². The number of nitrogens with zero attached hydrogens (tertiary/aromatic N) is 1. The third kappa shape index (κ3) is 3.31. The first-order valence-corrected chi connectivity index (χ1v) is 8.90. The van der Waals surface area contributed by atoms with Crippen LogP contribution >= 0.6 is 0 Å². The lowest BCUT2D eigenvalue weighted by Crippen LogP contribution is -2.60. The maximum atomic E-state index is 13.2. The second kappa shape index (κ2) is 6.93. The number of nitrogens with two attached hydrogens (primary N) is 1. The number of carbonyl (C=O) groups excluding carboxylic acids is 2. The zero-order valence-electron chi connectivity index (χ0n) is 14.3. The van der Waals surface area contributed by atoms with Crippen LogP contribution in [-0.2, 0) is 9.59 Å². The zero-order valence-corrected chi connectivity index (χ0v) is 14.3. The molecule has 2 fully saturated rings. The summed E-state index contributed by atoms with van der Waals surface area (Å²) in [5, 5.41) is 2.97. The van der Waals surface area contributed by atoms with Gasteiger partial charge in [0.2, 0.25) is 11.8 Å². The van der Waals surface area contributed by atoms with Crippen LogP contribution in [0.4, 0.5) is 0 Å². The molecule has 1 saturated carbocycles. The average molecular weight is 329 g/mol. The summed E-state index contributed by atoms with van der Waals surface area (Å²) in [7, 11) is 0. The molecule has 1 aromatic rings. The standard InChI is InChI=1S/C19H27N3O2/c1-14(23)21-19(10-6-3-7-11-19)18(24)22-12-16(17(20)13-22)15-8-4-2-5-9-15/h2,4-5,8-9,16-17H,3,6-7,10-13,20H2,1H3,(H,21,23)/t16-,17+/m0/s1. The van der Waals surface area contributed by atoms with E-state index in [9.17, 15) is 9.59 Å². The van der Waals surface area contributed by atoms with Gasteiger partial charge >= 0.3 is 0 Å². The highest BCUT2D eigenvalue weighted by atomic mass is 16.2. The van der Waals surface area contributed by atoms with Gasteiger partial charge in [-0.15, -0.1) is 0 Å². The van der Waals surface area contributed by atoms with Gasteiger partial charge in [-0.2, -0.15) is 0 Å². The molecule has 5 heteroatoms. The van der Waals surface area contributed by atoms with Gasteiger partial charge in [0.15, 0.2) is 0 Å². The van der Waals surface area contributed by atoms with Gasteiger partial charge in [0.05, 0.1) is 0 Å². The number of likely N-dealkylation sites (tertiary alicyclic amines) is 1. The summed E-state index contributed by atoms with van der Waals surface area (Å²) >= 11 is 0. The molecule has 1 aliphatic carbocycles. The highest BCUT2D eigenvalue weighted by molar-refractivity contribution is 5.91. The first kappa shape index (κ1) is 17.0. The van der Waals surface area contributed by atoms with E-state index in [2.05, 4.69) is 17.4 Å². The van der Waals surface area contributed by atoms with Crippen molar-refractivity contribution in [1.29, 1.82) is 0 Å². The number of hydrogen-bond acceptors (Lipinski definition) is 3. The molecule has 130 valence electrons. The van der Waals surface area contributed by atoms with Crippen molar-refractivity contribution >= 4 is 11.8 Å². The van der Waals surface area contributed by atoms with Gasteiger partial charge in [-0.25, -0.2) is 0 Å². The predicted octanol–water partition coefficient (Wildman–Crippen LogP) is 1.78. The average Bonchev–Trinajstić information content (AvgIpc) is 2.97. The van der Waals surface area contributed by atoms with Crippen LogP contribution < -0.4 is 11.1 Å². The molecule has 1 aliphatic heterocycles. The number of rotatable bonds is 3. The van der Waals surface area contributed by atoms with Gasteiger partial charge in [0.25, 0.3) is 0 Å². The minimum Gasteiger partial charge on any atom is -0.342 e. The number of carbonyl (C=O) groups is 2. The fraction of sp³-hybridized carbons (Fsp3) is 0.579. The molecule has 1 saturated heterocycles. The Morgan fingerprint density at radius 2 is 1.79 bits per heavy atom. The highest BCUT2D eigenvalue weighted by Gasteiger charge is 2.45. The summed E-state index contributed by atoms with van der Waals surface area (Å²) in [6.07, 6.45) is 4.54. The molecule has 1 aromatic carbocycles. The van der Waals surface area contributed by atoms with Crippen molar-refractivity contribution in [2.45, 2.75) is 56.5 Å². The van der Waals surface area contributed by atoms with Gasteiger partial charge < -0.3 is 16.0 Å². The molecule has 0 aromatic heterocycles. The first-order chi connectivity index (χ1) is 11.5. The Bertz CT molecular complexity index is 596. The number of amides is 2. The van der Waals surface area contributed by atoms with E-state index >= 15 is 0 Å². The molecule has 24 heavy (non-hydrogen) atoms. The van der Waals surface area contributed by atoms with Crippen LogP contribution in [0.1, 0.15) is 50.5 Å². The summed E-state index contributed by atoms with van der Waals surface area (Å²) in [6, 6.07) is 10.1. The summed E-state index contributed by atoms with van der Waals surface area (Å²) in [6.45, 7) is 2.68. The molecule has 2 amide bonds. The lowest BCUT2D eigenvalue weighted by Gasteiger charge is -2.39. The molecule has 3 N–H and O–H groups in total. The van der Waals surface area contributed by atoms with Crippen LogP contribution in [0, 0.1) is 0 Å². The van der Waals surface area contributed by atoms with Crippen LogP contribution in [-0.4, -0.2) is 41.4 Å². The molecule has 0 bridgehead atoms. The predicted molar refractivity (Wildman–Crippen MR) is 93.4 cm³/mol. The van der Waals surface area contributed by atoms with Crippen LogP contribution in [0.3, 0.4) is 0 Å². The minimum atomic E-state index is -0.727. The van der Waals surface area contributed by atoms with Gasteiger partial charge in [-0.3, -0.25) is 9.59 Å². The lowest BCUT2D eigenvalue weighted by molar-refractivity contribution is -0.142. The normalized spacial score (nSPS) is 26.2. The summed E-state index contributed by atoms with van der Waals surface area (Å²) in [5.74, 6) is 0.0766. The lowest BCUT2D eigenvalue weighted by atomic mass is 9.80. The molecule has 0 radical (unpaired) electrons. The van der Waals surface area contributed by atoms with Crippen molar-refractivity contribution in [2.24, 2.45) is 5.73 Å². The van der Waals surface area contributed by atoms with E-state index in [0.29, 0.717) is 13.1 Å². The number of hydrogen-bond donors (Lipinski definition) is 2. The second-order valence-corrected chi connectivity index (χ2v) is 7.22. The van der Waals surface area contributed by atoms with E-state index in [-0.39, 0.29) is 23.8 Å². The Balaban J connectivity index is 1.77. The summed E-state index contributed by atoms with van der Waals surface area (Å²) in [4.78, 5) is 26.8. The molecule has 1 heterocycles. The van der Waals surface area contributed by atoms with Crippen molar-refractivity contribution in [3.05, 3.63) is 35.9 Å². The zero-order chi connectivity index (χ0) is 17.2. The molecule has 5 nitrogen and oxygen atoms in total. The largest absolute Gasteiger partial charge is 0.342 e. The molecular weight excluding hydrogens is 302 g/mol. The fourth-order valence-corrected chi connectivity index (χ4v) is 4.24. The van der Waals surface area contributed by atoms with E-state index in [1.165, 1.54) is 12.5 Å². The van der Waals surface area contributed by atoms with E-state index in [1.807, 2.05) is 23.1 Å². The van der Waals surface area contributed by atoms with Crippen molar-refractivity contribution in [3.8, 4) is 0 Å². The van der Waals surface area contributed by atoms with E-state index < -0.39 is 5.54 Å². The van der Waals surface area contributed by atoms with Crippen molar-refractivity contribution in [3.63, 3.8) is 0 Å². The molecule has 0 spiro atoms. The Hall–Kier alpha value is -1.88. The number of nitrogens with one attached hydrogen (secondary N) is 1. The van der Waals surface area contributed by atoms with Crippen LogP contribution in [0.25, 0.3) is 0 Å². The summed E-state index contributed by atoms with van der Waals surface area (Å²) < 4.78 is 0. The first-order valence-electron chi connectivity index (χ1n) is 8.90. The van der Waals surface area contributed by atoms with Gasteiger partial charge in [-0.1, -0.05) is 49.6 Å². The second-order valence-electron chi connectivity index (χ2n) is 7.22. The Kier molecular flexibility index (Phi) is 4.90. The maximum Gasteiger partial charge on any atom is 0.248 e. The van der Waals surface area contributed by atoms with Crippen LogP contribution in [0.2, 0.25) is 0 Å². The smallest absolute Gasteiger partial charge is 0.248 e. The third-order valence-electron chi connectivity index (χ3n) is 5.41. The molecule has 3 rings (SSSR count). The molecule has 0 unspecified atom stereocenters. The third-order valence-corrected chi connectivity index (χ3v) is 5.41. The van der Waals surface area contributed by atoms with Gasteiger partial charge in [0, 0.05) is 32.0 Å². The Morgan fingerprint density at radius 3 is 2.42 bits per heavy atom. The molecule has 2 aliphatic rings. The van der Waals surface area contributed by atoms with Gasteiger partial charge in [-0.05, 0) is 18.4 Å². The quantitative estimate of drug-likeness (QED) is 0.887. The number of benzene rings is 1. The Labute approximate surface area is 143 Å². The fourth-order valence-electron chi connectivity index (χ4n) is 4.24. The molecule has 2 atom stereocenters. The SMILES string of the molecule is CC(=O)NC1(C(=O)N2C[C@@H](N)[C@H](c3ccccc3)C2)CCCCC1. The van der Waals surface area contributed by atoms with Crippen LogP contribution in [0.15, 0.2) is 30.3 Å². The Morgan fingerprint density at radius 1 is 1.12 bits per heavy atom. The van der Waals surface area contributed by atoms with Crippen molar-refractivity contribution in [2.75, 3.05) is 13.1 Å². The van der Waals surface area contributed by atoms with E-state index in [0.717, 1.165) is 32.1 Å². The van der Waals surface area contributed by atoms with E-state index in [4.69, 9.17) is 5.73 Å². The van der Waals surface area contributed by atoms with Crippen LogP contribution in [0.5, 0.6) is 0 Å². The topological polar surface area (TPSA) is 75.4 Å². The van der Waals surface area contributed by atoms with Gasteiger partial charge in [0.1, 0.15) is 5.54 Å². The highest BCUT2D eigenvalue weighted by Crippen LogP contribution is 2.33. The maximum absolute atomic E-state index is 13.2. The monoisotopic (exact) mass is 329 g/mol. The summed E-state index contributed by atoms with van der Waals surface area (Å²) in [5.41, 5.74) is 6.78. The van der Waals surface area contributed by atoms with Crippen molar-refractivity contribution < 1.29 is 9.59 Å². The van der Waals surface area contributed by atoms with Crippen molar-refractivity contribution in [1.82, 2.24) is 10.2 Å². The minimum absolute atomic E-state index is 0.0475. The molecular formula is C19H27N3O2.